The Labute approximate surface area is 107 Å². The molecule has 0 bridgehead atoms. The Morgan fingerprint density at radius 2 is 2.35 bits per heavy atom. The summed E-state index contributed by atoms with van der Waals surface area (Å²) in [5.74, 6) is -0.227. The van der Waals surface area contributed by atoms with E-state index in [1.54, 1.807) is 29.2 Å². The van der Waals surface area contributed by atoms with Gasteiger partial charge in [0.15, 0.2) is 0 Å². The average molecular weight is 295 g/mol. The maximum absolute atomic E-state index is 12.3. The van der Waals surface area contributed by atoms with Crippen molar-refractivity contribution in [3.05, 3.63) is 40.4 Å². The molecular formula is C11H11BrN4O. The molecule has 0 saturated carbocycles. The number of carbonyl (C=O) groups is 1. The smallest absolute Gasteiger partial charge is 0.232 e. The van der Waals surface area contributed by atoms with Gasteiger partial charge >= 0.3 is 0 Å². The number of aryl methyl sites for hydroxylation is 1. The number of aromatic nitrogens is 3. The molecule has 0 fully saturated rings. The van der Waals surface area contributed by atoms with Crippen LogP contribution in [0.2, 0.25) is 0 Å². The molecule has 0 amide bonds. The van der Waals surface area contributed by atoms with E-state index in [2.05, 4.69) is 26.0 Å². The molecule has 2 N–H and O–H groups in total. The Morgan fingerprint density at radius 1 is 1.59 bits per heavy atom. The quantitative estimate of drug-likeness (QED) is 0.877. The second kappa shape index (κ2) is 4.67. The number of nitrogens with two attached hydrogens (primary N) is 1. The zero-order valence-electron chi connectivity index (χ0n) is 9.22. The van der Waals surface area contributed by atoms with E-state index in [1.165, 1.54) is 0 Å². The number of nitrogens with zero attached hydrogens (tertiary/aromatic N) is 3. The Hall–Kier alpha value is -1.69. The fraction of sp³-hybridized carbons (Fsp3) is 0.182. The van der Waals surface area contributed by atoms with Crippen molar-refractivity contribution in [2.45, 2.75) is 13.5 Å². The fourth-order valence-corrected chi connectivity index (χ4v) is 2.02. The molecule has 6 heteroatoms. The molecule has 0 aliphatic carbocycles. The number of rotatable bonds is 3. The molecule has 2 aromatic heterocycles. The highest BCUT2D eigenvalue weighted by molar-refractivity contribution is 9.10. The molecular weight excluding hydrogens is 284 g/mol. The van der Waals surface area contributed by atoms with Gasteiger partial charge in [0.1, 0.15) is 11.4 Å². The van der Waals surface area contributed by atoms with Gasteiger partial charge in [-0.15, -0.1) is 0 Å². The molecule has 2 aromatic rings. The summed E-state index contributed by atoms with van der Waals surface area (Å²) in [5, 5.41) is 4.09. The van der Waals surface area contributed by atoms with Crippen LogP contribution >= 0.6 is 15.9 Å². The number of nitrogen functional groups attached to an aromatic ring is 1. The van der Waals surface area contributed by atoms with E-state index in [4.69, 9.17) is 5.73 Å². The molecule has 17 heavy (non-hydrogen) atoms. The van der Waals surface area contributed by atoms with Crippen molar-refractivity contribution in [1.29, 1.82) is 0 Å². The molecule has 0 aliphatic rings. The van der Waals surface area contributed by atoms with Crippen LogP contribution < -0.4 is 5.73 Å². The summed E-state index contributed by atoms with van der Waals surface area (Å²) >= 11 is 3.31. The maximum atomic E-state index is 12.3. The molecule has 2 rings (SSSR count). The molecule has 0 atom stereocenters. The highest BCUT2D eigenvalue weighted by Gasteiger charge is 2.21. The van der Waals surface area contributed by atoms with Crippen LogP contribution in [0.25, 0.3) is 0 Å². The fourth-order valence-electron chi connectivity index (χ4n) is 1.55. The van der Waals surface area contributed by atoms with Gasteiger partial charge in [-0.1, -0.05) is 0 Å². The average Bonchev–Trinajstić information content (AvgIpc) is 2.70. The van der Waals surface area contributed by atoms with Gasteiger partial charge in [-0.3, -0.25) is 14.5 Å². The number of hydrogen-bond donors (Lipinski definition) is 1. The first-order valence-corrected chi connectivity index (χ1v) is 5.91. The lowest BCUT2D eigenvalue weighted by Crippen LogP contribution is -2.14. The highest BCUT2D eigenvalue weighted by atomic mass is 79.9. The van der Waals surface area contributed by atoms with Crippen molar-refractivity contribution >= 4 is 27.4 Å². The number of hydrogen-bond acceptors (Lipinski definition) is 4. The number of ketones is 1. The van der Waals surface area contributed by atoms with Crippen LogP contribution in [0.4, 0.5) is 5.69 Å². The van der Waals surface area contributed by atoms with Gasteiger partial charge in [0.2, 0.25) is 5.78 Å². The van der Waals surface area contributed by atoms with Crippen molar-refractivity contribution < 1.29 is 4.79 Å². The minimum atomic E-state index is -0.227. The monoisotopic (exact) mass is 294 g/mol. The predicted molar refractivity (Wildman–Crippen MR) is 67.7 cm³/mol. The molecule has 0 radical (unpaired) electrons. The highest BCUT2D eigenvalue weighted by Crippen LogP contribution is 2.21. The summed E-state index contributed by atoms with van der Waals surface area (Å²) in [6, 6.07) is 3.35. The molecule has 0 aromatic carbocycles. The molecule has 0 unspecified atom stereocenters. The Bertz CT molecular complexity index is 564. The number of halogens is 1. The lowest BCUT2D eigenvalue weighted by Gasteiger charge is -2.06. The van der Waals surface area contributed by atoms with Gasteiger partial charge in [-0.05, 0) is 35.0 Å². The lowest BCUT2D eigenvalue weighted by atomic mass is 10.1. The van der Waals surface area contributed by atoms with Crippen molar-refractivity contribution in [3.63, 3.8) is 0 Å². The second-order valence-corrected chi connectivity index (χ2v) is 4.28. The van der Waals surface area contributed by atoms with E-state index in [0.717, 1.165) is 0 Å². The van der Waals surface area contributed by atoms with E-state index in [9.17, 15) is 4.79 Å². The summed E-state index contributed by atoms with van der Waals surface area (Å²) in [7, 11) is 0. The zero-order chi connectivity index (χ0) is 12.4. The third kappa shape index (κ3) is 2.08. The van der Waals surface area contributed by atoms with Crippen LogP contribution in [0.3, 0.4) is 0 Å². The Balaban J connectivity index is 2.51. The first kappa shape index (κ1) is 11.8. The Kier molecular flexibility index (Phi) is 3.23. The summed E-state index contributed by atoms with van der Waals surface area (Å²) in [6.45, 7) is 2.53. The van der Waals surface area contributed by atoms with E-state index < -0.39 is 0 Å². The normalized spacial score (nSPS) is 10.5. The Morgan fingerprint density at radius 3 is 3.00 bits per heavy atom. The third-order valence-corrected chi connectivity index (χ3v) is 2.94. The summed E-state index contributed by atoms with van der Waals surface area (Å²) in [4.78, 5) is 16.3. The third-order valence-electron chi connectivity index (χ3n) is 2.36. The SMILES string of the molecule is CCn1ncc(Br)c1C(=O)c1ncccc1N. The summed E-state index contributed by atoms with van der Waals surface area (Å²) in [6.07, 6.45) is 3.14. The van der Waals surface area contributed by atoms with E-state index >= 15 is 0 Å². The van der Waals surface area contributed by atoms with Crippen LogP contribution in [-0.2, 0) is 6.54 Å². The van der Waals surface area contributed by atoms with Gasteiger partial charge < -0.3 is 5.73 Å². The van der Waals surface area contributed by atoms with Crippen LogP contribution in [0.15, 0.2) is 29.0 Å². The molecule has 0 spiro atoms. The van der Waals surface area contributed by atoms with Crippen LogP contribution in [-0.4, -0.2) is 20.5 Å². The molecule has 0 saturated heterocycles. The summed E-state index contributed by atoms with van der Waals surface area (Å²) in [5.41, 5.74) is 6.83. The van der Waals surface area contributed by atoms with Crippen molar-refractivity contribution in [3.8, 4) is 0 Å². The zero-order valence-corrected chi connectivity index (χ0v) is 10.8. The van der Waals surface area contributed by atoms with Crippen molar-refractivity contribution in [2.75, 3.05) is 5.73 Å². The van der Waals surface area contributed by atoms with Gasteiger partial charge in [-0.2, -0.15) is 5.10 Å². The minimum Gasteiger partial charge on any atom is -0.397 e. The van der Waals surface area contributed by atoms with Gasteiger partial charge in [0.05, 0.1) is 16.4 Å². The molecule has 2 heterocycles. The van der Waals surface area contributed by atoms with Gasteiger partial charge in [-0.25, -0.2) is 0 Å². The summed E-state index contributed by atoms with van der Waals surface area (Å²) < 4.78 is 2.26. The van der Waals surface area contributed by atoms with Crippen molar-refractivity contribution in [2.24, 2.45) is 0 Å². The second-order valence-electron chi connectivity index (χ2n) is 3.43. The topological polar surface area (TPSA) is 73.8 Å². The van der Waals surface area contributed by atoms with Crippen LogP contribution in [0, 0.1) is 0 Å². The largest absolute Gasteiger partial charge is 0.397 e. The van der Waals surface area contributed by atoms with E-state index in [1.807, 2.05) is 6.92 Å². The first-order chi connectivity index (χ1) is 8.15. The number of anilines is 1. The molecule has 0 aliphatic heterocycles. The first-order valence-electron chi connectivity index (χ1n) is 5.11. The number of pyridine rings is 1. The van der Waals surface area contributed by atoms with Gasteiger partial charge in [0.25, 0.3) is 0 Å². The predicted octanol–water partition coefficient (Wildman–Crippen LogP) is 1.87. The van der Waals surface area contributed by atoms with Crippen LogP contribution in [0.5, 0.6) is 0 Å². The number of carbonyl (C=O) groups excluding carboxylic acids is 1. The molecule has 88 valence electrons. The van der Waals surface area contributed by atoms with E-state index in [0.29, 0.717) is 22.4 Å². The minimum absolute atomic E-state index is 0.227. The van der Waals surface area contributed by atoms with Crippen molar-refractivity contribution in [1.82, 2.24) is 14.8 Å². The van der Waals surface area contributed by atoms with E-state index in [-0.39, 0.29) is 11.5 Å². The standard InChI is InChI=1S/C11H11BrN4O/c1-2-16-10(7(12)6-15-16)11(17)9-8(13)4-3-5-14-9/h3-6H,2,13H2,1H3. The van der Waals surface area contributed by atoms with Crippen LogP contribution in [0.1, 0.15) is 23.1 Å². The molecule has 5 nitrogen and oxygen atoms in total. The maximum Gasteiger partial charge on any atom is 0.232 e. The van der Waals surface area contributed by atoms with Gasteiger partial charge in [0, 0.05) is 12.7 Å². The lowest BCUT2D eigenvalue weighted by molar-refractivity contribution is 0.102.